The average molecular weight is 386 g/mol. The second-order valence-corrected chi connectivity index (χ2v) is 8.52. The molecule has 1 N–H and O–H groups in total. The molecule has 8 heteroatoms. The minimum Gasteiger partial charge on any atom is -0.350 e. The van der Waals surface area contributed by atoms with E-state index in [4.69, 9.17) is 0 Å². The van der Waals surface area contributed by atoms with Gasteiger partial charge in [-0.2, -0.15) is 0 Å². The van der Waals surface area contributed by atoms with Crippen LogP contribution in [-0.4, -0.2) is 48.8 Å². The van der Waals surface area contributed by atoms with E-state index in [9.17, 15) is 13.2 Å². The van der Waals surface area contributed by atoms with Gasteiger partial charge in [-0.25, -0.2) is 17.7 Å². The molecule has 0 fully saturated rings. The first-order valence-electron chi connectivity index (χ1n) is 8.53. The maximum atomic E-state index is 12.3. The minimum atomic E-state index is -3.50. The van der Waals surface area contributed by atoms with Crippen LogP contribution in [0.4, 0.5) is 0 Å². The van der Waals surface area contributed by atoms with Gasteiger partial charge in [0, 0.05) is 32.7 Å². The Morgan fingerprint density at radius 1 is 1.11 bits per heavy atom. The van der Waals surface area contributed by atoms with E-state index < -0.39 is 10.0 Å². The smallest absolute Gasteiger partial charge is 0.251 e. The number of hydrogen-bond donors (Lipinski definition) is 1. The molecule has 2 aromatic carbocycles. The molecule has 0 aliphatic rings. The van der Waals surface area contributed by atoms with Gasteiger partial charge in [-0.1, -0.05) is 12.1 Å². The van der Waals surface area contributed by atoms with Crippen LogP contribution in [0.5, 0.6) is 0 Å². The van der Waals surface area contributed by atoms with Gasteiger partial charge < -0.3 is 9.88 Å². The van der Waals surface area contributed by atoms with Crippen LogP contribution in [0.3, 0.4) is 0 Å². The molecule has 0 saturated carbocycles. The molecule has 3 rings (SSSR count). The fraction of sp³-hybridized carbons (Fsp3) is 0.263. The zero-order valence-corrected chi connectivity index (χ0v) is 16.3. The third-order valence-corrected chi connectivity index (χ3v) is 6.19. The molecule has 0 unspecified atom stereocenters. The average Bonchev–Trinajstić information content (AvgIpc) is 2.97. The van der Waals surface area contributed by atoms with E-state index in [1.165, 1.54) is 38.4 Å². The molecule has 0 bridgehead atoms. The number of benzene rings is 2. The number of carbonyl (C=O) groups is 1. The standard InChI is InChI=1S/C19H22N4O3S/c1-14-21-17-6-4-5-7-18(17)23(14)13-12-20-19(24)15-8-10-16(11-9-15)27(25,26)22(2)3/h4-11H,12-13H2,1-3H3,(H,20,24). The molecule has 7 nitrogen and oxygen atoms in total. The first-order valence-corrected chi connectivity index (χ1v) is 9.97. The molecular formula is C19H22N4O3S. The molecule has 1 aromatic heterocycles. The van der Waals surface area contributed by atoms with Crippen LogP contribution in [-0.2, 0) is 16.6 Å². The van der Waals surface area contributed by atoms with Gasteiger partial charge in [0.05, 0.1) is 15.9 Å². The highest BCUT2D eigenvalue weighted by Crippen LogP contribution is 2.15. The van der Waals surface area contributed by atoms with Crippen molar-refractivity contribution in [3.05, 3.63) is 59.9 Å². The predicted molar refractivity (Wildman–Crippen MR) is 104 cm³/mol. The fourth-order valence-corrected chi connectivity index (χ4v) is 3.75. The van der Waals surface area contributed by atoms with Gasteiger partial charge in [-0.05, 0) is 43.3 Å². The lowest BCUT2D eigenvalue weighted by Gasteiger charge is -2.12. The number of sulfonamides is 1. The van der Waals surface area contributed by atoms with Crippen molar-refractivity contribution in [2.75, 3.05) is 20.6 Å². The lowest BCUT2D eigenvalue weighted by atomic mass is 10.2. The SMILES string of the molecule is Cc1nc2ccccc2n1CCNC(=O)c1ccc(S(=O)(=O)N(C)C)cc1. The largest absolute Gasteiger partial charge is 0.350 e. The fourth-order valence-electron chi connectivity index (χ4n) is 2.85. The summed E-state index contributed by atoms with van der Waals surface area (Å²) in [6.07, 6.45) is 0. The van der Waals surface area contributed by atoms with Gasteiger partial charge in [0.25, 0.3) is 5.91 Å². The van der Waals surface area contributed by atoms with Crippen LogP contribution in [0, 0.1) is 6.92 Å². The van der Waals surface area contributed by atoms with Crippen molar-refractivity contribution < 1.29 is 13.2 Å². The summed E-state index contributed by atoms with van der Waals surface area (Å²) in [6.45, 7) is 2.98. The highest BCUT2D eigenvalue weighted by atomic mass is 32.2. The molecule has 0 atom stereocenters. The minimum absolute atomic E-state index is 0.157. The molecule has 0 spiro atoms. The van der Waals surface area contributed by atoms with E-state index in [1.54, 1.807) is 0 Å². The molecule has 142 valence electrons. The number of carbonyl (C=O) groups excluding carboxylic acids is 1. The van der Waals surface area contributed by atoms with Crippen LogP contribution in [0.25, 0.3) is 11.0 Å². The van der Waals surface area contributed by atoms with E-state index in [2.05, 4.69) is 14.9 Å². The van der Waals surface area contributed by atoms with Gasteiger partial charge in [-0.15, -0.1) is 0 Å². The molecular weight excluding hydrogens is 364 g/mol. The summed E-state index contributed by atoms with van der Waals surface area (Å²) in [6, 6.07) is 13.8. The van der Waals surface area contributed by atoms with Gasteiger partial charge in [-0.3, -0.25) is 4.79 Å². The number of aryl methyl sites for hydroxylation is 1. The van der Waals surface area contributed by atoms with E-state index in [0.29, 0.717) is 18.7 Å². The molecule has 1 heterocycles. The summed E-state index contributed by atoms with van der Waals surface area (Å²) in [5.74, 6) is 0.648. The van der Waals surface area contributed by atoms with Crippen LogP contribution >= 0.6 is 0 Å². The summed E-state index contributed by atoms with van der Waals surface area (Å²) in [5, 5.41) is 2.86. The number of rotatable bonds is 6. The van der Waals surface area contributed by atoms with E-state index in [-0.39, 0.29) is 10.8 Å². The molecule has 3 aromatic rings. The number of para-hydroxylation sites is 2. The Kier molecular flexibility index (Phi) is 5.29. The van der Waals surface area contributed by atoms with Crippen molar-refractivity contribution in [1.29, 1.82) is 0 Å². The molecule has 0 aliphatic heterocycles. The summed E-state index contributed by atoms with van der Waals surface area (Å²) < 4.78 is 27.3. The van der Waals surface area contributed by atoms with Crippen LogP contribution in [0.15, 0.2) is 53.4 Å². The second kappa shape index (κ2) is 7.50. The number of aromatic nitrogens is 2. The lowest BCUT2D eigenvalue weighted by Crippen LogP contribution is -2.27. The summed E-state index contributed by atoms with van der Waals surface area (Å²) >= 11 is 0. The molecule has 1 amide bonds. The predicted octanol–water partition coefficient (Wildman–Crippen LogP) is 2.03. The Bertz CT molecular complexity index is 1070. The Morgan fingerprint density at radius 3 is 2.44 bits per heavy atom. The number of nitrogens with zero attached hydrogens (tertiary/aromatic N) is 3. The Labute approximate surface area is 158 Å². The monoisotopic (exact) mass is 386 g/mol. The maximum Gasteiger partial charge on any atom is 0.251 e. The third kappa shape index (κ3) is 3.86. The zero-order chi connectivity index (χ0) is 19.6. The van der Waals surface area contributed by atoms with Gasteiger partial charge in [0.15, 0.2) is 0 Å². The van der Waals surface area contributed by atoms with E-state index in [1.807, 2.05) is 31.2 Å². The third-order valence-electron chi connectivity index (χ3n) is 4.36. The van der Waals surface area contributed by atoms with E-state index in [0.717, 1.165) is 21.2 Å². The van der Waals surface area contributed by atoms with Crippen molar-refractivity contribution >= 4 is 27.0 Å². The van der Waals surface area contributed by atoms with Crippen molar-refractivity contribution in [2.24, 2.45) is 0 Å². The van der Waals surface area contributed by atoms with Crippen molar-refractivity contribution in [3.63, 3.8) is 0 Å². The summed E-state index contributed by atoms with van der Waals surface area (Å²) in [4.78, 5) is 17.0. The Morgan fingerprint density at radius 2 is 1.78 bits per heavy atom. The summed E-state index contributed by atoms with van der Waals surface area (Å²) in [5.41, 5.74) is 2.38. The Balaban J connectivity index is 1.65. The topological polar surface area (TPSA) is 84.3 Å². The number of nitrogens with one attached hydrogen (secondary N) is 1. The lowest BCUT2D eigenvalue weighted by molar-refractivity contribution is 0.0952. The van der Waals surface area contributed by atoms with Crippen molar-refractivity contribution in [3.8, 4) is 0 Å². The van der Waals surface area contributed by atoms with Gasteiger partial charge in [0.1, 0.15) is 5.82 Å². The van der Waals surface area contributed by atoms with Crippen molar-refractivity contribution in [1.82, 2.24) is 19.2 Å². The normalized spacial score (nSPS) is 11.9. The quantitative estimate of drug-likeness (QED) is 0.702. The number of imidazole rings is 1. The molecule has 0 saturated heterocycles. The summed E-state index contributed by atoms with van der Waals surface area (Å²) in [7, 11) is -0.560. The molecule has 0 radical (unpaired) electrons. The second-order valence-electron chi connectivity index (χ2n) is 6.37. The van der Waals surface area contributed by atoms with Gasteiger partial charge in [0.2, 0.25) is 10.0 Å². The Hall–Kier alpha value is -2.71. The van der Waals surface area contributed by atoms with Crippen LogP contribution < -0.4 is 5.32 Å². The van der Waals surface area contributed by atoms with Crippen LogP contribution in [0.1, 0.15) is 16.2 Å². The van der Waals surface area contributed by atoms with Gasteiger partial charge >= 0.3 is 0 Å². The molecule has 27 heavy (non-hydrogen) atoms. The maximum absolute atomic E-state index is 12.3. The highest BCUT2D eigenvalue weighted by Gasteiger charge is 2.17. The van der Waals surface area contributed by atoms with E-state index >= 15 is 0 Å². The zero-order valence-electron chi connectivity index (χ0n) is 15.5. The van der Waals surface area contributed by atoms with Crippen molar-refractivity contribution in [2.45, 2.75) is 18.4 Å². The first kappa shape index (κ1) is 19.1. The highest BCUT2D eigenvalue weighted by molar-refractivity contribution is 7.89. The number of hydrogen-bond acceptors (Lipinski definition) is 4. The van der Waals surface area contributed by atoms with Crippen LogP contribution in [0.2, 0.25) is 0 Å². The first-order chi connectivity index (χ1) is 12.8. The molecule has 0 aliphatic carbocycles. The number of amides is 1. The number of fused-ring (bicyclic) bond motifs is 1.